The summed E-state index contributed by atoms with van der Waals surface area (Å²) in [5.41, 5.74) is 1.41. The molecule has 2 rings (SSSR count). The van der Waals surface area contributed by atoms with Crippen molar-refractivity contribution in [1.82, 2.24) is 5.32 Å². The summed E-state index contributed by atoms with van der Waals surface area (Å²) in [5.74, 6) is 2.27. The topological polar surface area (TPSA) is 38.3 Å². The lowest BCUT2D eigenvalue weighted by Crippen LogP contribution is -2.52. The van der Waals surface area contributed by atoms with E-state index in [2.05, 4.69) is 17.3 Å². The molecule has 0 radical (unpaired) electrons. The van der Waals surface area contributed by atoms with E-state index >= 15 is 0 Å². The number of carbonyl (C=O) groups excluding carboxylic acids is 1. The van der Waals surface area contributed by atoms with Crippen LogP contribution >= 0.6 is 0 Å². The summed E-state index contributed by atoms with van der Waals surface area (Å²) in [6, 6.07) is 7.98. The van der Waals surface area contributed by atoms with Crippen molar-refractivity contribution in [3.8, 4) is 12.3 Å². The minimum absolute atomic E-state index is 0.259. The number of methoxy groups -OCH3 is 1. The molecule has 0 aromatic heterocycles. The van der Waals surface area contributed by atoms with Gasteiger partial charge in [0.05, 0.1) is 13.7 Å². The minimum atomic E-state index is -0.782. The lowest BCUT2D eigenvalue weighted by atomic mass is 9.76. The smallest absolute Gasteiger partial charge is 0.330 e. The number of aryl methyl sites for hydroxylation is 1. The molecule has 0 spiro atoms. The fraction of sp³-hybridized carbons (Fsp3) is 0.400. The molecule has 1 aromatic carbocycles. The van der Waals surface area contributed by atoms with Crippen LogP contribution in [0.1, 0.15) is 24.0 Å². The SMILES string of the molecule is C#CCNC1(C(=O)OC)CCCc2ccccc21. The Balaban J connectivity index is 2.48. The summed E-state index contributed by atoms with van der Waals surface area (Å²) in [6.45, 7) is 0.351. The Labute approximate surface area is 108 Å². The molecule has 3 heteroatoms. The second kappa shape index (κ2) is 5.24. The molecule has 0 saturated carbocycles. The first-order valence-corrected chi connectivity index (χ1v) is 6.10. The van der Waals surface area contributed by atoms with Crippen molar-refractivity contribution in [2.75, 3.05) is 13.7 Å². The number of fused-ring (bicyclic) bond motifs is 1. The molecule has 0 amide bonds. The molecule has 0 aliphatic heterocycles. The molecule has 1 aliphatic carbocycles. The van der Waals surface area contributed by atoms with Crippen molar-refractivity contribution in [3.63, 3.8) is 0 Å². The number of nitrogens with one attached hydrogen (secondary N) is 1. The van der Waals surface area contributed by atoms with Crippen LogP contribution in [-0.2, 0) is 21.5 Å². The van der Waals surface area contributed by atoms with Gasteiger partial charge in [-0.3, -0.25) is 5.32 Å². The van der Waals surface area contributed by atoms with Crippen molar-refractivity contribution < 1.29 is 9.53 Å². The van der Waals surface area contributed by atoms with Gasteiger partial charge in [-0.15, -0.1) is 6.42 Å². The van der Waals surface area contributed by atoms with E-state index in [1.807, 2.05) is 18.2 Å². The van der Waals surface area contributed by atoms with Crippen molar-refractivity contribution in [2.24, 2.45) is 0 Å². The van der Waals surface area contributed by atoms with Gasteiger partial charge in [-0.1, -0.05) is 30.2 Å². The predicted octanol–water partition coefficient (Wildman–Crippen LogP) is 1.61. The number of benzene rings is 1. The number of hydrogen-bond acceptors (Lipinski definition) is 3. The number of hydrogen-bond donors (Lipinski definition) is 1. The summed E-state index contributed by atoms with van der Waals surface area (Å²) < 4.78 is 4.98. The molecule has 18 heavy (non-hydrogen) atoms. The number of ether oxygens (including phenoxy) is 1. The first kappa shape index (κ1) is 12.7. The van der Waals surface area contributed by atoms with E-state index in [4.69, 9.17) is 11.2 Å². The zero-order valence-electron chi connectivity index (χ0n) is 10.5. The van der Waals surface area contributed by atoms with Gasteiger partial charge in [-0.25, -0.2) is 4.79 Å². The number of terminal acetylenes is 1. The van der Waals surface area contributed by atoms with Gasteiger partial charge in [0, 0.05) is 0 Å². The maximum atomic E-state index is 12.2. The molecule has 94 valence electrons. The maximum Gasteiger partial charge on any atom is 0.330 e. The second-order valence-corrected chi connectivity index (χ2v) is 4.47. The van der Waals surface area contributed by atoms with Gasteiger partial charge >= 0.3 is 5.97 Å². The molecule has 3 nitrogen and oxygen atoms in total. The van der Waals surface area contributed by atoms with E-state index in [0.717, 1.165) is 24.8 Å². The molecule has 1 aromatic rings. The highest BCUT2D eigenvalue weighted by Crippen LogP contribution is 2.36. The molecule has 0 saturated heterocycles. The van der Waals surface area contributed by atoms with Gasteiger partial charge < -0.3 is 4.74 Å². The highest BCUT2D eigenvalue weighted by molar-refractivity contribution is 5.83. The highest BCUT2D eigenvalue weighted by Gasteiger charge is 2.43. The van der Waals surface area contributed by atoms with Crippen LogP contribution in [0, 0.1) is 12.3 Å². The lowest BCUT2D eigenvalue weighted by molar-refractivity contribution is -0.149. The van der Waals surface area contributed by atoms with E-state index in [-0.39, 0.29) is 5.97 Å². The van der Waals surface area contributed by atoms with Crippen LogP contribution in [0.5, 0.6) is 0 Å². The zero-order valence-corrected chi connectivity index (χ0v) is 10.5. The summed E-state index contributed by atoms with van der Waals surface area (Å²) >= 11 is 0. The van der Waals surface area contributed by atoms with Gasteiger partial charge in [0.2, 0.25) is 0 Å². The van der Waals surface area contributed by atoms with Crippen LogP contribution < -0.4 is 5.32 Å². The first-order valence-electron chi connectivity index (χ1n) is 6.10. The molecule has 1 N–H and O–H groups in total. The van der Waals surface area contributed by atoms with Crippen LogP contribution in [0.2, 0.25) is 0 Å². The van der Waals surface area contributed by atoms with Crippen LogP contribution in [0.3, 0.4) is 0 Å². The fourth-order valence-corrected chi connectivity index (χ4v) is 2.68. The Morgan fingerprint density at radius 1 is 1.56 bits per heavy atom. The van der Waals surface area contributed by atoms with Crippen LogP contribution in [0.25, 0.3) is 0 Å². The van der Waals surface area contributed by atoms with E-state index in [9.17, 15) is 4.79 Å². The van der Waals surface area contributed by atoms with E-state index in [0.29, 0.717) is 6.54 Å². The van der Waals surface area contributed by atoms with Crippen LogP contribution in [0.4, 0.5) is 0 Å². The Bertz CT molecular complexity index is 490. The minimum Gasteiger partial charge on any atom is -0.467 e. The van der Waals surface area contributed by atoms with E-state index in [1.165, 1.54) is 12.7 Å². The first-order chi connectivity index (χ1) is 8.74. The van der Waals surface area contributed by atoms with Crippen LogP contribution in [0.15, 0.2) is 24.3 Å². The summed E-state index contributed by atoms with van der Waals surface area (Å²) in [7, 11) is 1.42. The van der Waals surface area contributed by atoms with E-state index < -0.39 is 5.54 Å². The molecule has 1 atom stereocenters. The second-order valence-electron chi connectivity index (χ2n) is 4.47. The number of rotatable bonds is 3. The third kappa shape index (κ3) is 2.00. The molecular weight excluding hydrogens is 226 g/mol. The average molecular weight is 243 g/mol. The number of esters is 1. The molecular formula is C15H17NO2. The van der Waals surface area contributed by atoms with Gasteiger partial charge in [0.15, 0.2) is 0 Å². The number of carbonyl (C=O) groups is 1. The van der Waals surface area contributed by atoms with Crippen molar-refractivity contribution in [1.29, 1.82) is 0 Å². The predicted molar refractivity (Wildman–Crippen MR) is 69.9 cm³/mol. The van der Waals surface area contributed by atoms with Crippen molar-refractivity contribution in [3.05, 3.63) is 35.4 Å². The Kier molecular flexibility index (Phi) is 3.69. The lowest BCUT2D eigenvalue weighted by Gasteiger charge is -2.37. The summed E-state index contributed by atoms with van der Waals surface area (Å²) in [5, 5.41) is 3.18. The Hall–Kier alpha value is -1.79. The quantitative estimate of drug-likeness (QED) is 0.647. The maximum absolute atomic E-state index is 12.2. The third-order valence-electron chi connectivity index (χ3n) is 3.50. The normalized spacial score (nSPS) is 21.8. The summed E-state index contributed by atoms with van der Waals surface area (Å²) in [4.78, 5) is 12.2. The molecule has 1 unspecified atom stereocenters. The zero-order chi connectivity index (χ0) is 13.0. The highest BCUT2D eigenvalue weighted by atomic mass is 16.5. The van der Waals surface area contributed by atoms with Crippen LogP contribution in [-0.4, -0.2) is 19.6 Å². The molecule has 0 heterocycles. The van der Waals surface area contributed by atoms with Crippen molar-refractivity contribution >= 4 is 5.97 Å². The summed E-state index contributed by atoms with van der Waals surface area (Å²) in [6.07, 6.45) is 7.96. The van der Waals surface area contributed by atoms with Gasteiger partial charge in [-0.2, -0.15) is 0 Å². The molecule has 1 aliphatic rings. The largest absolute Gasteiger partial charge is 0.467 e. The third-order valence-corrected chi connectivity index (χ3v) is 3.50. The van der Waals surface area contributed by atoms with Crippen molar-refractivity contribution in [2.45, 2.75) is 24.8 Å². The van der Waals surface area contributed by atoms with Gasteiger partial charge in [0.1, 0.15) is 5.54 Å². The molecule has 0 fully saturated rings. The Morgan fingerprint density at radius 2 is 2.33 bits per heavy atom. The monoisotopic (exact) mass is 243 g/mol. The van der Waals surface area contributed by atoms with E-state index in [1.54, 1.807) is 0 Å². The fourth-order valence-electron chi connectivity index (χ4n) is 2.68. The van der Waals surface area contributed by atoms with Gasteiger partial charge in [0.25, 0.3) is 0 Å². The Morgan fingerprint density at radius 3 is 3.06 bits per heavy atom. The standard InChI is InChI=1S/C15H17NO2/c1-3-11-16-15(14(17)18-2)10-6-8-12-7-4-5-9-13(12)15/h1,4-5,7,9,16H,6,8,10-11H2,2H3. The molecule has 0 bridgehead atoms. The van der Waals surface area contributed by atoms with Gasteiger partial charge in [-0.05, 0) is 30.4 Å². The average Bonchev–Trinajstić information content (AvgIpc) is 2.44.